The number of carbonyl (C=O) groups excluding carboxylic acids is 2. The molecule has 0 N–H and O–H groups in total. The number of anilines is 1. The van der Waals surface area contributed by atoms with Gasteiger partial charge in [0.2, 0.25) is 0 Å². The number of halogens is 2. The molecule has 39 heavy (non-hydrogen) atoms. The summed E-state index contributed by atoms with van der Waals surface area (Å²) in [6, 6.07) is 17.3. The van der Waals surface area contributed by atoms with E-state index < -0.39 is 11.9 Å². The Morgan fingerprint density at radius 3 is 2.49 bits per heavy atom. The van der Waals surface area contributed by atoms with E-state index in [1.807, 2.05) is 56.3 Å². The van der Waals surface area contributed by atoms with Crippen LogP contribution in [0, 0.1) is 0 Å². The lowest BCUT2D eigenvalue weighted by Crippen LogP contribution is -2.38. The van der Waals surface area contributed by atoms with Crippen molar-refractivity contribution in [1.82, 2.24) is 14.8 Å². The molecule has 198 valence electrons. The third-order valence-corrected chi connectivity index (χ3v) is 6.57. The van der Waals surface area contributed by atoms with Gasteiger partial charge >= 0.3 is 5.97 Å². The van der Waals surface area contributed by atoms with E-state index in [0.717, 1.165) is 11.1 Å². The number of amides is 1. The number of pyridine rings is 1. The molecule has 3 aromatic heterocycles. The molecular weight excluding hydrogens is 539 g/mol. The van der Waals surface area contributed by atoms with Gasteiger partial charge in [-0.05, 0) is 75.4 Å². The predicted octanol–water partition coefficient (Wildman–Crippen LogP) is 7.22. The number of hydrogen-bond donors (Lipinski definition) is 0. The molecule has 0 radical (unpaired) electrons. The summed E-state index contributed by atoms with van der Waals surface area (Å²) in [6.45, 7) is 5.54. The summed E-state index contributed by atoms with van der Waals surface area (Å²) in [5, 5.41) is 5.26. The summed E-state index contributed by atoms with van der Waals surface area (Å²) in [7, 11) is 0. The van der Waals surface area contributed by atoms with Crippen molar-refractivity contribution in [2.24, 2.45) is 0 Å². The Hall–Kier alpha value is -4.14. The first-order valence-electron chi connectivity index (χ1n) is 12.3. The van der Waals surface area contributed by atoms with Gasteiger partial charge in [0.25, 0.3) is 5.91 Å². The first-order valence-corrected chi connectivity index (χ1v) is 13.0. The van der Waals surface area contributed by atoms with Crippen molar-refractivity contribution in [3.05, 3.63) is 94.2 Å². The standard InChI is InChI=1S/C29H24Cl2N4O4/c1-4-38-29(37)22-16-34(20-10-7-18(8-11-20)26-15-24-25(39-26)6-5-13-32-24)33-27(22)35(17(2)3)28(36)21-12-9-19(30)14-23(21)31/h5-17H,4H2,1-3H3. The Balaban J connectivity index is 1.54. The van der Waals surface area contributed by atoms with E-state index >= 15 is 0 Å². The summed E-state index contributed by atoms with van der Waals surface area (Å²) >= 11 is 12.4. The number of benzene rings is 2. The van der Waals surface area contributed by atoms with E-state index in [1.165, 1.54) is 15.6 Å². The van der Waals surface area contributed by atoms with Crippen molar-refractivity contribution in [1.29, 1.82) is 0 Å². The molecule has 5 rings (SSSR count). The maximum atomic E-state index is 13.7. The SMILES string of the molecule is CCOC(=O)c1cn(-c2ccc(-c3cc4ncccc4o3)cc2)nc1N(C(=O)c1ccc(Cl)cc1Cl)C(C)C. The van der Waals surface area contributed by atoms with Crippen LogP contribution in [-0.2, 0) is 4.74 Å². The van der Waals surface area contributed by atoms with Crippen molar-refractivity contribution in [2.75, 3.05) is 11.5 Å². The van der Waals surface area contributed by atoms with E-state index in [4.69, 9.17) is 32.4 Å². The molecule has 10 heteroatoms. The highest BCUT2D eigenvalue weighted by molar-refractivity contribution is 6.37. The quantitative estimate of drug-likeness (QED) is 0.194. The lowest BCUT2D eigenvalue weighted by molar-refractivity contribution is 0.0527. The van der Waals surface area contributed by atoms with Crippen LogP contribution in [0.3, 0.4) is 0 Å². The van der Waals surface area contributed by atoms with Crippen molar-refractivity contribution in [3.63, 3.8) is 0 Å². The number of aromatic nitrogens is 3. The van der Waals surface area contributed by atoms with Crippen molar-refractivity contribution in [3.8, 4) is 17.0 Å². The fraction of sp³-hybridized carbons (Fsp3) is 0.172. The Morgan fingerprint density at radius 2 is 1.82 bits per heavy atom. The summed E-state index contributed by atoms with van der Waals surface area (Å²) in [4.78, 5) is 32.3. The van der Waals surface area contributed by atoms with Crippen LogP contribution in [0.5, 0.6) is 0 Å². The topological polar surface area (TPSA) is 90.5 Å². The van der Waals surface area contributed by atoms with Gasteiger partial charge < -0.3 is 9.15 Å². The average molecular weight is 563 g/mol. The number of ether oxygens (including phenoxy) is 1. The van der Waals surface area contributed by atoms with Crippen LogP contribution in [-0.4, -0.2) is 39.3 Å². The van der Waals surface area contributed by atoms with Gasteiger partial charge in [-0.1, -0.05) is 23.2 Å². The monoisotopic (exact) mass is 562 g/mol. The average Bonchev–Trinajstić information content (AvgIpc) is 3.54. The number of hydrogen-bond acceptors (Lipinski definition) is 6. The van der Waals surface area contributed by atoms with Gasteiger partial charge in [0, 0.05) is 35.1 Å². The molecule has 0 saturated heterocycles. The van der Waals surface area contributed by atoms with Crippen LogP contribution in [0.4, 0.5) is 5.82 Å². The number of nitrogens with zero attached hydrogens (tertiary/aromatic N) is 4. The molecule has 0 aliphatic rings. The van der Waals surface area contributed by atoms with Crippen LogP contribution in [0.25, 0.3) is 28.1 Å². The van der Waals surface area contributed by atoms with Gasteiger partial charge in [-0.3, -0.25) is 14.7 Å². The molecule has 0 spiro atoms. The summed E-state index contributed by atoms with van der Waals surface area (Å²) < 4.78 is 12.7. The molecule has 0 fully saturated rings. The Labute approximate surface area is 234 Å². The van der Waals surface area contributed by atoms with Crippen molar-refractivity contribution < 1.29 is 18.7 Å². The molecule has 3 heterocycles. The van der Waals surface area contributed by atoms with Gasteiger partial charge in [-0.25, -0.2) is 9.48 Å². The Kier molecular flexibility index (Phi) is 7.41. The summed E-state index contributed by atoms with van der Waals surface area (Å²) in [5.41, 5.74) is 3.38. The highest BCUT2D eigenvalue weighted by Crippen LogP contribution is 2.30. The first kappa shape index (κ1) is 26.5. The molecule has 2 aromatic carbocycles. The van der Waals surface area contributed by atoms with Crippen LogP contribution in [0.2, 0.25) is 10.0 Å². The minimum Gasteiger partial charge on any atom is -0.462 e. The largest absolute Gasteiger partial charge is 0.462 e. The third-order valence-electron chi connectivity index (χ3n) is 6.02. The molecule has 8 nitrogen and oxygen atoms in total. The predicted molar refractivity (Wildman–Crippen MR) is 151 cm³/mol. The zero-order valence-corrected chi connectivity index (χ0v) is 22.9. The minimum absolute atomic E-state index is 0.149. The fourth-order valence-electron chi connectivity index (χ4n) is 4.19. The van der Waals surface area contributed by atoms with Gasteiger partial charge in [0.1, 0.15) is 16.8 Å². The maximum absolute atomic E-state index is 13.7. The smallest absolute Gasteiger partial charge is 0.343 e. The zero-order valence-electron chi connectivity index (χ0n) is 21.4. The van der Waals surface area contributed by atoms with Gasteiger partial charge in [-0.15, -0.1) is 5.10 Å². The Bertz CT molecular complexity index is 1640. The highest BCUT2D eigenvalue weighted by Gasteiger charge is 2.31. The van der Waals surface area contributed by atoms with Crippen LogP contribution < -0.4 is 4.90 Å². The van der Waals surface area contributed by atoms with Crippen molar-refractivity contribution in [2.45, 2.75) is 26.8 Å². The van der Waals surface area contributed by atoms with Crippen LogP contribution >= 0.6 is 23.2 Å². The molecule has 0 unspecified atom stereocenters. The number of furan rings is 1. The molecule has 0 atom stereocenters. The van der Waals surface area contributed by atoms with Gasteiger partial charge in [-0.2, -0.15) is 0 Å². The number of carbonyl (C=O) groups is 2. The highest BCUT2D eigenvalue weighted by atomic mass is 35.5. The van der Waals surface area contributed by atoms with Crippen LogP contribution in [0.15, 0.2) is 77.5 Å². The zero-order chi connectivity index (χ0) is 27.7. The van der Waals surface area contributed by atoms with Crippen molar-refractivity contribution >= 4 is 52.0 Å². The van der Waals surface area contributed by atoms with E-state index in [-0.39, 0.29) is 34.6 Å². The lowest BCUT2D eigenvalue weighted by atomic mass is 10.1. The molecule has 0 saturated carbocycles. The summed E-state index contributed by atoms with van der Waals surface area (Å²) in [5.74, 6) is -0.172. The number of esters is 1. The third kappa shape index (κ3) is 5.26. The second kappa shape index (κ2) is 10.9. The fourth-order valence-corrected chi connectivity index (χ4v) is 4.68. The normalized spacial score (nSPS) is 11.2. The van der Waals surface area contributed by atoms with E-state index in [0.29, 0.717) is 22.1 Å². The molecule has 5 aromatic rings. The van der Waals surface area contributed by atoms with E-state index in [2.05, 4.69) is 10.1 Å². The van der Waals surface area contributed by atoms with Gasteiger partial charge in [0.05, 0.1) is 22.9 Å². The van der Waals surface area contributed by atoms with Gasteiger partial charge in [0.15, 0.2) is 11.4 Å². The van der Waals surface area contributed by atoms with E-state index in [9.17, 15) is 9.59 Å². The lowest BCUT2D eigenvalue weighted by Gasteiger charge is -2.26. The molecule has 0 aliphatic heterocycles. The first-order chi connectivity index (χ1) is 18.8. The second-order valence-corrected chi connectivity index (χ2v) is 9.81. The molecule has 0 aliphatic carbocycles. The second-order valence-electron chi connectivity index (χ2n) is 8.97. The molecule has 1 amide bonds. The Morgan fingerprint density at radius 1 is 1.05 bits per heavy atom. The summed E-state index contributed by atoms with van der Waals surface area (Å²) in [6.07, 6.45) is 3.27. The van der Waals surface area contributed by atoms with E-state index in [1.54, 1.807) is 31.5 Å². The molecule has 0 bridgehead atoms. The minimum atomic E-state index is -0.592. The number of fused-ring (bicyclic) bond motifs is 1. The number of rotatable bonds is 7. The van der Waals surface area contributed by atoms with Crippen LogP contribution in [0.1, 0.15) is 41.5 Å². The maximum Gasteiger partial charge on any atom is 0.343 e. The molecular formula is C29H24Cl2N4O4.